The third kappa shape index (κ3) is 3.49. The Balaban J connectivity index is 1.99. The van der Waals surface area contributed by atoms with Crippen LogP contribution in [0.2, 0.25) is 0 Å². The number of rotatable bonds is 5. The number of aromatic carboxylic acids is 1. The summed E-state index contributed by atoms with van der Waals surface area (Å²) in [5, 5.41) is 15.3. The number of carboxylic acid groups (broad SMARTS) is 1. The maximum absolute atomic E-state index is 12.1. The van der Waals surface area contributed by atoms with E-state index < -0.39 is 5.97 Å². The molecule has 0 spiro atoms. The number of amides is 1. The summed E-state index contributed by atoms with van der Waals surface area (Å²) in [7, 11) is 0. The van der Waals surface area contributed by atoms with Crippen LogP contribution in [0, 0.1) is 13.8 Å². The molecule has 1 atom stereocenters. The average Bonchev–Trinajstić information content (AvgIpc) is 2.78. The van der Waals surface area contributed by atoms with Gasteiger partial charge < -0.3 is 14.9 Å². The first-order valence-corrected chi connectivity index (χ1v) is 6.80. The van der Waals surface area contributed by atoms with Gasteiger partial charge in [0, 0.05) is 12.0 Å². The second kappa shape index (κ2) is 6.38. The van der Waals surface area contributed by atoms with Crippen LogP contribution in [0.25, 0.3) is 0 Å². The van der Waals surface area contributed by atoms with Gasteiger partial charge in [0.1, 0.15) is 11.5 Å². The fraction of sp³-hybridized carbons (Fsp3) is 0.333. The minimum Gasteiger partial charge on any atom is -0.477 e. The predicted molar refractivity (Wildman–Crippen MR) is 78.8 cm³/mol. The highest BCUT2D eigenvalue weighted by atomic mass is 16.5. The van der Waals surface area contributed by atoms with E-state index >= 15 is 0 Å². The Bertz CT molecular complexity index is 672. The second-order valence-corrected chi connectivity index (χ2v) is 5.13. The number of anilines is 1. The Morgan fingerprint density at radius 2 is 2.09 bits per heavy atom. The Morgan fingerprint density at radius 3 is 2.59 bits per heavy atom. The molecule has 2 aromatic heterocycles. The smallest absolute Gasteiger partial charge is 0.354 e. The normalized spacial score (nSPS) is 12.0. The molecular weight excluding hydrogens is 286 g/mol. The number of hydrogen-bond acceptors (Lipinski definition) is 5. The Labute approximate surface area is 127 Å². The molecule has 0 saturated heterocycles. The van der Waals surface area contributed by atoms with Crippen molar-refractivity contribution in [3.8, 4) is 0 Å². The molecule has 1 unspecified atom stereocenters. The number of carbonyl (C=O) groups is 2. The van der Waals surface area contributed by atoms with Gasteiger partial charge in [-0.2, -0.15) is 0 Å². The van der Waals surface area contributed by atoms with Crippen LogP contribution in [-0.4, -0.2) is 27.1 Å². The van der Waals surface area contributed by atoms with Gasteiger partial charge >= 0.3 is 5.97 Å². The topological polar surface area (TPSA) is 105 Å². The molecule has 0 bridgehead atoms. The first kappa shape index (κ1) is 15.7. The van der Waals surface area contributed by atoms with E-state index in [1.807, 2.05) is 20.8 Å². The van der Waals surface area contributed by atoms with Gasteiger partial charge in [-0.25, -0.2) is 9.78 Å². The number of hydrogen-bond donors (Lipinski definition) is 2. The summed E-state index contributed by atoms with van der Waals surface area (Å²) in [6.45, 7) is 5.59. The minimum atomic E-state index is -1.11. The quantitative estimate of drug-likeness (QED) is 0.879. The fourth-order valence-corrected chi connectivity index (χ4v) is 2.38. The van der Waals surface area contributed by atoms with Crippen LogP contribution in [0.4, 0.5) is 5.69 Å². The lowest BCUT2D eigenvalue weighted by molar-refractivity contribution is -0.116. The van der Waals surface area contributed by atoms with E-state index in [1.54, 1.807) is 0 Å². The number of nitrogens with zero attached hydrogens (tertiary/aromatic N) is 2. The van der Waals surface area contributed by atoms with Gasteiger partial charge in [0.2, 0.25) is 5.91 Å². The van der Waals surface area contributed by atoms with Crippen molar-refractivity contribution in [1.29, 1.82) is 0 Å². The molecular formula is C15H17N3O4. The molecule has 2 rings (SSSR count). The molecule has 0 aliphatic heterocycles. The third-order valence-corrected chi connectivity index (χ3v) is 3.34. The molecule has 0 aliphatic carbocycles. The van der Waals surface area contributed by atoms with E-state index in [-0.39, 0.29) is 23.9 Å². The van der Waals surface area contributed by atoms with Crippen molar-refractivity contribution in [2.45, 2.75) is 33.1 Å². The molecule has 7 nitrogen and oxygen atoms in total. The Morgan fingerprint density at radius 1 is 1.36 bits per heavy atom. The maximum atomic E-state index is 12.1. The highest BCUT2D eigenvalue weighted by molar-refractivity contribution is 5.91. The number of pyridine rings is 1. The Kier molecular flexibility index (Phi) is 4.55. The third-order valence-electron chi connectivity index (χ3n) is 3.34. The molecule has 0 aromatic carbocycles. The molecule has 0 fully saturated rings. The molecule has 22 heavy (non-hydrogen) atoms. The number of aryl methyl sites for hydroxylation is 2. The Hall–Kier alpha value is -2.70. The van der Waals surface area contributed by atoms with Crippen LogP contribution in [0.1, 0.15) is 46.8 Å². The SMILES string of the molecule is Cc1noc(C)c1C(C)CC(=O)Nc1ccc(C(=O)O)nc1. The van der Waals surface area contributed by atoms with Gasteiger partial charge in [-0.1, -0.05) is 12.1 Å². The van der Waals surface area contributed by atoms with Gasteiger partial charge in [-0.15, -0.1) is 0 Å². The molecule has 7 heteroatoms. The molecule has 0 aliphatic rings. The summed E-state index contributed by atoms with van der Waals surface area (Å²) in [4.78, 5) is 26.5. The van der Waals surface area contributed by atoms with Gasteiger partial charge in [0.25, 0.3) is 0 Å². The zero-order valence-corrected chi connectivity index (χ0v) is 12.6. The summed E-state index contributed by atoms with van der Waals surface area (Å²) in [5.74, 6) is -0.606. The van der Waals surface area contributed by atoms with Gasteiger partial charge in [-0.05, 0) is 31.9 Å². The van der Waals surface area contributed by atoms with Crippen LogP contribution in [0.5, 0.6) is 0 Å². The van der Waals surface area contributed by atoms with Crippen molar-refractivity contribution in [1.82, 2.24) is 10.1 Å². The second-order valence-electron chi connectivity index (χ2n) is 5.13. The highest BCUT2D eigenvalue weighted by Gasteiger charge is 2.19. The van der Waals surface area contributed by atoms with Crippen LogP contribution in [0.3, 0.4) is 0 Å². The number of carbonyl (C=O) groups excluding carboxylic acids is 1. The monoisotopic (exact) mass is 303 g/mol. The van der Waals surface area contributed by atoms with E-state index in [4.69, 9.17) is 9.63 Å². The van der Waals surface area contributed by atoms with Crippen molar-refractivity contribution in [2.24, 2.45) is 0 Å². The lowest BCUT2D eigenvalue weighted by Gasteiger charge is -2.11. The molecule has 0 radical (unpaired) electrons. The van der Waals surface area contributed by atoms with E-state index in [1.165, 1.54) is 18.3 Å². The summed E-state index contributed by atoms with van der Waals surface area (Å²) in [6, 6.07) is 2.85. The van der Waals surface area contributed by atoms with Crippen LogP contribution < -0.4 is 5.32 Å². The van der Waals surface area contributed by atoms with Crippen LogP contribution in [0.15, 0.2) is 22.9 Å². The van der Waals surface area contributed by atoms with E-state index in [2.05, 4.69) is 15.5 Å². The molecule has 2 N–H and O–H groups in total. The van der Waals surface area contributed by atoms with Crippen molar-refractivity contribution >= 4 is 17.6 Å². The molecule has 1 amide bonds. The number of nitrogens with one attached hydrogen (secondary N) is 1. The zero-order chi connectivity index (χ0) is 16.3. The summed E-state index contributed by atoms with van der Waals surface area (Å²) >= 11 is 0. The first-order chi connectivity index (χ1) is 10.4. The van der Waals surface area contributed by atoms with Crippen LogP contribution >= 0.6 is 0 Å². The fourth-order valence-electron chi connectivity index (χ4n) is 2.38. The van der Waals surface area contributed by atoms with E-state index in [0.29, 0.717) is 11.4 Å². The number of carboxylic acids is 1. The lowest BCUT2D eigenvalue weighted by Crippen LogP contribution is -2.15. The zero-order valence-electron chi connectivity index (χ0n) is 12.6. The summed E-state index contributed by atoms with van der Waals surface area (Å²) in [6.07, 6.45) is 1.59. The highest BCUT2D eigenvalue weighted by Crippen LogP contribution is 2.26. The van der Waals surface area contributed by atoms with E-state index in [0.717, 1.165) is 11.3 Å². The number of aromatic nitrogens is 2. The van der Waals surface area contributed by atoms with Gasteiger partial charge in [-0.3, -0.25) is 4.79 Å². The molecule has 0 saturated carbocycles. The maximum Gasteiger partial charge on any atom is 0.354 e. The van der Waals surface area contributed by atoms with Crippen molar-refractivity contribution in [3.05, 3.63) is 41.0 Å². The predicted octanol–water partition coefficient (Wildman–Crippen LogP) is 2.52. The molecule has 2 aromatic rings. The van der Waals surface area contributed by atoms with E-state index in [9.17, 15) is 9.59 Å². The molecule has 116 valence electrons. The first-order valence-electron chi connectivity index (χ1n) is 6.80. The van der Waals surface area contributed by atoms with Crippen LogP contribution in [-0.2, 0) is 4.79 Å². The average molecular weight is 303 g/mol. The van der Waals surface area contributed by atoms with Crippen molar-refractivity contribution < 1.29 is 19.2 Å². The van der Waals surface area contributed by atoms with Gasteiger partial charge in [0.05, 0.1) is 17.6 Å². The summed E-state index contributed by atoms with van der Waals surface area (Å²) in [5.41, 5.74) is 2.11. The minimum absolute atomic E-state index is 0.0301. The molecule has 2 heterocycles. The van der Waals surface area contributed by atoms with Gasteiger partial charge in [0.15, 0.2) is 0 Å². The standard InChI is InChI=1S/C15H17N3O4/c1-8(14-9(2)18-22-10(14)3)6-13(19)17-11-4-5-12(15(20)21)16-7-11/h4-5,7-8H,6H2,1-3H3,(H,17,19)(H,20,21). The lowest BCUT2D eigenvalue weighted by atomic mass is 9.96. The largest absolute Gasteiger partial charge is 0.477 e. The van der Waals surface area contributed by atoms with Crippen molar-refractivity contribution in [3.63, 3.8) is 0 Å². The van der Waals surface area contributed by atoms with Crippen molar-refractivity contribution in [2.75, 3.05) is 5.32 Å². The summed E-state index contributed by atoms with van der Waals surface area (Å²) < 4.78 is 5.10.